The zero-order valence-electron chi connectivity index (χ0n) is 21.6. The Hall–Kier alpha value is -0.680. The molecule has 4 aliphatic carbocycles. The summed E-state index contributed by atoms with van der Waals surface area (Å²) in [6.45, 7) is 10.5. The highest BCUT2D eigenvalue weighted by molar-refractivity contribution is 5.28. The first-order chi connectivity index (χ1) is 15.4. The number of aliphatic hydroxyl groups is 4. The van der Waals surface area contributed by atoms with Gasteiger partial charge >= 0.3 is 0 Å². The number of allylic oxidation sites excluding steroid dienone is 2. The lowest BCUT2D eigenvalue weighted by molar-refractivity contribution is -0.0855. The van der Waals surface area contributed by atoms with Crippen LogP contribution in [0.2, 0.25) is 0 Å². The van der Waals surface area contributed by atoms with Gasteiger partial charge in [-0.2, -0.15) is 0 Å². The maximum Gasteiger partial charge on any atom is 0.0942 e. The summed E-state index contributed by atoms with van der Waals surface area (Å²) in [5.41, 5.74) is -0.295. The van der Waals surface area contributed by atoms with Crippen molar-refractivity contribution in [1.29, 1.82) is 0 Å². The van der Waals surface area contributed by atoms with Gasteiger partial charge in [0.1, 0.15) is 0 Å². The molecule has 9 atom stereocenters. The Morgan fingerprint density at radius 1 is 1.09 bits per heavy atom. The van der Waals surface area contributed by atoms with Gasteiger partial charge < -0.3 is 20.4 Å². The van der Waals surface area contributed by atoms with Crippen molar-refractivity contribution in [3.63, 3.8) is 0 Å². The van der Waals surface area contributed by atoms with Crippen molar-refractivity contribution in [2.45, 2.75) is 97.2 Å². The molecule has 0 heterocycles. The van der Waals surface area contributed by atoms with Crippen molar-refractivity contribution < 1.29 is 20.4 Å². The van der Waals surface area contributed by atoms with Crippen LogP contribution in [0.3, 0.4) is 0 Å². The summed E-state index contributed by atoms with van der Waals surface area (Å²) in [6, 6.07) is 0. The van der Waals surface area contributed by atoms with Crippen LogP contribution in [0.1, 0.15) is 86.0 Å². The highest BCUT2D eigenvalue weighted by Gasteiger charge is 2.72. The predicted octanol–water partition coefficient (Wildman–Crippen LogP) is 4.86. The van der Waals surface area contributed by atoms with E-state index in [0.717, 1.165) is 19.3 Å². The molecular weight excluding hydrogens is 412 g/mol. The SMILES string of the molecule is C[C@H](C=C[C@H](C)C(C)(C)O)[C@H]1CC[C@H]2C(=C[C@@H](CO)[C@]34C[C@H]3CCC4(O)CO)CCC[C@]12C. The minimum absolute atomic E-state index is 0.0523. The van der Waals surface area contributed by atoms with Crippen LogP contribution >= 0.6 is 0 Å². The molecule has 4 rings (SSSR count). The molecule has 188 valence electrons. The molecule has 0 aliphatic heterocycles. The monoisotopic (exact) mass is 460 g/mol. The molecule has 0 spiro atoms. The second kappa shape index (κ2) is 8.76. The van der Waals surface area contributed by atoms with Crippen LogP contribution < -0.4 is 0 Å². The fourth-order valence-electron chi connectivity index (χ4n) is 8.43. The molecular formula is C29H48O4. The molecule has 4 heteroatoms. The maximum atomic E-state index is 11.2. The summed E-state index contributed by atoms with van der Waals surface area (Å²) >= 11 is 0. The van der Waals surface area contributed by atoms with Crippen molar-refractivity contribution in [2.75, 3.05) is 13.2 Å². The summed E-state index contributed by atoms with van der Waals surface area (Å²) in [6.07, 6.45) is 15.4. The molecule has 0 amide bonds. The molecule has 4 saturated carbocycles. The van der Waals surface area contributed by atoms with E-state index in [1.165, 1.54) is 31.3 Å². The first kappa shape index (κ1) is 25.4. The van der Waals surface area contributed by atoms with Crippen molar-refractivity contribution >= 4 is 0 Å². The van der Waals surface area contributed by atoms with Crippen LogP contribution in [0.5, 0.6) is 0 Å². The third-order valence-electron chi connectivity index (χ3n) is 11.0. The highest BCUT2D eigenvalue weighted by Crippen LogP contribution is 2.72. The molecule has 4 aliphatic rings. The summed E-state index contributed by atoms with van der Waals surface area (Å²) in [5.74, 6) is 2.15. The number of fused-ring (bicyclic) bond motifs is 2. The third kappa shape index (κ3) is 4.07. The Labute approximate surface area is 201 Å². The Balaban J connectivity index is 1.54. The van der Waals surface area contributed by atoms with E-state index in [1.54, 1.807) is 0 Å². The van der Waals surface area contributed by atoms with E-state index < -0.39 is 11.2 Å². The van der Waals surface area contributed by atoms with E-state index >= 15 is 0 Å². The van der Waals surface area contributed by atoms with Gasteiger partial charge in [-0.25, -0.2) is 0 Å². The average molecular weight is 461 g/mol. The minimum atomic E-state index is -1.03. The van der Waals surface area contributed by atoms with Gasteiger partial charge in [0.2, 0.25) is 0 Å². The molecule has 0 radical (unpaired) electrons. The van der Waals surface area contributed by atoms with Crippen molar-refractivity contribution in [2.24, 2.45) is 46.3 Å². The Morgan fingerprint density at radius 3 is 2.42 bits per heavy atom. The van der Waals surface area contributed by atoms with Crippen LogP contribution in [0.4, 0.5) is 0 Å². The normalized spacial score (nSPS) is 44.6. The first-order valence-corrected chi connectivity index (χ1v) is 13.5. The summed E-state index contributed by atoms with van der Waals surface area (Å²) in [5, 5.41) is 41.9. The van der Waals surface area contributed by atoms with E-state index in [-0.39, 0.29) is 35.9 Å². The van der Waals surface area contributed by atoms with Crippen molar-refractivity contribution in [3.8, 4) is 0 Å². The van der Waals surface area contributed by atoms with Gasteiger partial charge in [0.25, 0.3) is 0 Å². The second-order valence-corrected chi connectivity index (χ2v) is 13.0. The number of hydrogen-bond donors (Lipinski definition) is 4. The molecule has 0 aromatic carbocycles. The highest BCUT2D eigenvalue weighted by atomic mass is 16.3. The van der Waals surface area contributed by atoms with Crippen LogP contribution in [-0.2, 0) is 0 Å². The molecule has 0 bridgehead atoms. The third-order valence-corrected chi connectivity index (χ3v) is 11.0. The molecule has 1 unspecified atom stereocenters. The van der Waals surface area contributed by atoms with Gasteiger partial charge in [-0.3, -0.25) is 0 Å². The van der Waals surface area contributed by atoms with E-state index in [2.05, 4.69) is 39.0 Å². The molecule has 4 nitrogen and oxygen atoms in total. The zero-order valence-corrected chi connectivity index (χ0v) is 21.6. The minimum Gasteiger partial charge on any atom is -0.396 e. The van der Waals surface area contributed by atoms with E-state index in [0.29, 0.717) is 30.1 Å². The Morgan fingerprint density at radius 2 is 1.82 bits per heavy atom. The van der Waals surface area contributed by atoms with E-state index in [1.807, 2.05) is 13.8 Å². The topological polar surface area (TPSA) is 80.9 Å². The van der Waals surface area contributed by atoms with E-state index in [4.69, 9.17) is 0 Å². The molecule has 0 aromatic heterocycles. The second-order valence-electron chi connectivity index (χ2n) is 13.0. The van der Waals surface area contributed by atoms with Crippen molar-refractivity contribution in [1.82, 2.24) is 0 Å². The summed E-state index contributed by atoms with van der Waals surface area (Å²) < 4.78 is 0. The van der Waals surface area contributed by atoms with Crippen molar-refractivity contribution in [3.05, 3.63) is 23.8 Å². The smallest absolute Gasteiger partial charge is 0.0942 e. The molecule has 0 aromatic rings. The van der Waals surface area contributed by atoms with Crippen LogP contribution in [0, 0.1) is 46.3 Å². The van der Waals surface area contributed by atoms with Gasteiger partial charge in [-0.15, -0.1) is 0 Å². The maximum absolute atomic E-state index is 11.2. The molecule has 4 fully saturated rings. The first-order valence-electron chi connectivity index (χ1n) is 13.5. The lowest BCUT2D eigenvalue weighted by Crippen LogP contribution is -2.46. The average Bonchev–Trinajstić information content (AvgIpc) is 3.30. The Bertz CT molecular complexity index is 781. The fourth-order valence-corrected chi connectivity index (χ4v) is 8.43. The Kier molecular flexibility index (Phi) is 6.75. The fraction of sp³-hybridized carbons (Fsp3) is 0.862. The lowest BCUT2D eigenvalue weighted by Gasteiger charge is -2.45. The van der Waals surface area contributed by atoms with Crippen LogP contribution in [-0.4, -0.2) is 44.8 Å². The summed E-state index contributed by atoms with van der Waals surface area (Å²) in [4.78, 5) is 0. The zero-order chi connectivity index (χ0) is 24.2. The molecule has 33 heavy (non-hydrogen) atoms. The van der Waals surface area contributed by atoms with Gasteiger partial charge in [0.05, 0.1) is 17.8 Å². The van der Waals surface area contributed by atoms with Gasteiger partial charge in [0.15, 0.2) is 0 Å². The number of rotatable bonds is 8. The van der Waals surface area contributed by atoms with Gasteiger partial charge in [-0.05, 0) is 94.3 Å². The molecule has 4 N–H and O–H groups in total. The summed E-state index contributed by atoms with van der Waals surface area (Å²) in [7, 11) is 0. The standard InChI is InChI=1S/C29H48O4/c1-19(8-9-20(2)26(3,4)32)24-10-11-25-21(7-6-13-27(24,25)5)15-23(17-30)29-16-22(29)12-14-28(29,33)18-31/h8-9,15,19-20,22-25,30-33H,6-7,10-14,16-18H2,1-5H3/t19-,20+,22-,23+,24-,25+,27-,28?,29+/m1/s1. The number of hydrogen-bond acceptors (Lipinski definition) is 4. The van der Waals surface area contributed by atoms with Crippen LogP contribution in [0.25, 0.3) is 0 Å². The number of aliphatic hydroxyl groups excluding tert-OH is 2. The molecule has 0 saturated heterocycles. The van der Waals surface area contributed by atoms with E-state index in [9.17, 15) is 20.4 Å². The quantitative estimate of drug-likeness (QED) is 0.390. The largest absolute Gasteiger partial charge is 0.396 e. The van der Waals surface area contributed by atoms with Gasteiger partial charge in [-0.1, -0.05) is 44.6 Å². The van der Waals surface area contributed by atoms with Crippen LogP contribution in [0.15, 0.2) is 23.8 Å². The van der Waals surface area contributed by atoms with Gasteiger partial charge in [0, 0.05) is 23.9 Å². The predicted molar refractivity (Wildman–Crippen MR) is 132 cm³/mol. The lowest BCUT2D eigenvalue weighted by atomic mass is 9.60.